The van der Waals surface area contributed by atoms with Crippen molar-refractivity contribution in [1.82, 2.24) is 5.32 Å². The fraction of sp³-hybridized carbons (Fsp3) is 0.300. The van der Waals surface area contributed by atoms with Crippen LogP contribution in [0.15, 0.2) is 42.5 Å². The molecule has 26 heavy (non-hydrogen) atoms. The second-order valence-electron chi connectivity index (χ2n) is 6.32. The van der Waals surface area contributed by atoms with Gasteiger partial charge in [0.15, 0.2) is 6.10 Å². The van der Waals surface area contributed by atoms with E-state index in [1.807, 2.05) is 24.3 Å². The van der Waals surface area contributed by atoms with E-state index in [0.29, 0.717) is 6.07 Å². The van der Waals surface area contributed by atoms with Gasteiger partial charge in [0.05, 0.1) is 11.6 Å². The fourth-order valence-corrected chi connectivity index (χ4v) is 3.13. The topological polar surface area (TPSA) is 55.4 Å². The van der Waals surface area contributed by atoms with Crippen molar-refractivity contribution in [2.75, 3.05) is 0 Å². The molecule has 3 rings (SSSR count). The maximum absolute atomic E-state index is 13.6. The molecule has 1 aliphatic rings. The molecule has 0 radical (unpaired) electrons. The molecule has 1 N–H and O–H groups in total. The molecule has 0 fully saturated rings. The van der Waals surface area contributed by atoms with Crippen LogP contribution in [0.3, 0.4) is 0 Å². The minimum Gasteiger partial charge on any atom is -0.449 e. The molecule has 0 saturated carbocycles. The van der Waals surface area contributed by atoms with Crippen molar-refractivity contribution >= 4 is 11.9 Å². The lowest BCUT2D eigenvalue weighted by Crippen LogP contribution is -2.39. The smallest absolute Gasteiger partial charge is 0.341 e. The van der Waals surface area contributed by atoms with Gasteiger partial charge in [0, 0.05) is 6.07 Å². The minimum absolute atomic E-state index is 0.142. The summed E-state index contributed by atoms with van der Waals surface area (Å²) < 4.78 is 31.6. The molecule has 136 valence electrons. The fourth-order valence-electron chi connectivity index (χ4n) is 3.13. The molecule has 1 aliphatic carbocycles. The number of amides is 1. The van der Waals surface area contributed by atoms with E-state index in [-0.39, 0.29) is 6.04 Å². The van der Waals surface area contributed by atoms with Crippen molar-refractivity contribution in [3.63, 3.8) is 0 Å². The SMILES string of the molecule is C[C@H](OC(=O)c1ccc(F)cc1F)C(=O)N[C@@H]1CCCc2ccccc21. The number of ether oxygens (including phenoxy) is 1. The van der Waals surface area contributed by atoms with Gasteiger partial charge < -0.3 is 10.1 Å². The first-order chi connectivity index (χ1) is 12.5. The summed E-state index contributed by atoms with van der Waals surface area (Å²) in [6.45, 7) is 1.42. The molecule has 6 heteroatoms. The van der Waals surface area contributed by atoms with Gasteiger partial charge in [-0.3, -0.25) is 4.79 Å². The maximum Gasteiger partial charge on any atom is 0.341 e. The van der Waals surface area contributed by atoms with Gasteiger partial charge in [-0.15, -0.1) is 0 Å². The van der Waals surface area contributed by atoms with E-state index in [2.05, 4.69) is 5.32 Å². The first-order valence-electron chi connectivity index (χ1n) is 8.50. The summed E-state index contributed by atoms with van der Waals surface area (Å²) in [5, 5.41) is 2.89. The number of fused-ring (bicyclic) bond motifs is 1. The molecular formula is C20H19F2NO3. The predicted molar refractivity (Wildman–Crippen MR) is 91.5 cm³/mol. The summed E-state index contributed by atoms with van der Waals surface area (Å²) in [4.78, 5) is 24.4. The molecule has 0 aromatic heterocycles. The Hall–Kier alpha value is -2.76. The van der Waals surface area contributed by atoms with Crippen LogP contribution < -0.4 is 5.32 Å². The van der Waals surface area contributed by atoms with Crippen LogP contribution in [-0.2, 0) is 16.0 Å². The first-order valence-corrected chi connectivity index (χ1v) is 8.50. The Morgan fingerprint density at radius 1 is 1.19 bits per heavy atom. The van der Waals surface area contributed by atoms with Crippen LogP contribution in [0.2, 0.25) is 0 Å². The number of carbonyl (C=O) groups is 2. The first kappa shape index (κ1) is 18.0. The average molecular weight is 359 g/mol. The molecule has 2 atom stereocenters. The third kappa shape index (κ3) is 3.90. The van der Waals surface area contributed by atoms with Crippen LogP contribution in [-0.4, -0.2) is 18.0 Å². The van der Waals surface area contributed by atoms with E-state index in [1.54, 1.807) is 0 Å². The molecule has 1 amide bonds. The van der Waals surface area contributed by atoms with E-state index in [1.165, 1.54) is 12.5 Å². The largest absolute Gasteiger partial charge is 0.449 e. The third-order valence-electron chi connectivity index (χ3n) is 4.49. The predicted octanol–water partition coefficient (Wildman–Crippen LogP) is 3.70. The van der Waals surface area contributed by atoms with Crippen molar-refractivity contribution in [3.8, 4) is 0 Å². The molecule has 2 aromatic rings. The number of rotatable bonds is 4. The highest BCUT2D eigenvalue weighted by Gasteiger charge is 2.26. The Labute approximate surface area is 150 Å². The number of carbonyl (C=O) groups excluding carboxylic acids is 2. The lowest BCUT2D eigenvalue weighted by atomic mass is 9.87. The zero-order valence-electron chi connectivity index (χ0n) is 14.3. The molecule has 0 saturated heterocycles. The van der Waals surface area contributed by atoms with Crippen LogP contribution in [0.5, 0.6) is 0 Å². The number of esters is 1. The number of nitrogens with one attached hydrogen (secondary N) is 1. The van der Waals surface area contributed by atoms with E-state index in [4.69, 9.17) is 4.74 Å². The normalized spacial score (nSPS) is 17.1. The zero-order valence-corrected chi connectivity index (χ0v) is 14.3. The second kappa shape index (κ2) is 7.64. The quantitative estimate of drug-likeness (QED) is 0.847. The number of halogens is 2. The van der Waals surface area contributed by atoms with Gasteiger partial charge in [0.25, 0.3) is 5.91 Å². The van der Waals surface area contributed by atoms with Crippen molar-refractivity contribution in [3.05, 3.63) is 70.8 Å². The van der Waals surface area contributed by atoms with Gasteiger partial charge in [-0.2, -0.15) is 0 Å². The highest BCUT2D eigenvalue weighted by atomic mass is 19.1. The van der Waals surface area contributed by atoms with Crippen molar-refractivity contribution in [2.24, 2.45) is 0 Å². The molecular weight excluding hydrogens is 340 g/mol. The van der Waals surface area contributed by atoms with Crippen LogP contribution >= 0.6 is 0 Å². The summed E-state index contributed by atoms with van der Waals surface area (Å²) >= 11 is 0. The number of benzene rings is 2. The lowest BCUT2D eigenvalue weighted by Gasteiger charge is -2.27. The van der Waals surface area contributed by atoms with E-state index in [9.17, 15) is 18.4 Å². The van der Waals surface area contributed by atoms with E-state index < -0.39 is 35.2 Å². The van der Waals surface area contributed by atoms with E-state index >= 15 is 0 Å². The van der Waals surface area contributed by atoms with Gasteiger partial charge in [-0.1, -0.05) is 24.3 Å². The van der Waals surface area contributed by atoms with Crippen molar-refractivity contribution < 1.29 is 23.1 Å². The summed E-state index contributed by atoms with van der Waals surface area (Å²) in [5.41, 5.74) is 1.85. The Morgan fingerprint density at radius 2 is 1.96 bits per heavy atom. The number of hydrogen-bond acceptors (Lipinski definition) is 3. The molecule has 0 unspecified atom stereocenters. The Balaban J connectivity index is 1.64. The standard InChI is InChI=1S/C20H19F2NO3/c1-12(26-20(25)16-10-9-14(21)11-17(16)22)19(24)23-18-8-4-6-13-5-2-3-7-15(13)18/h2-3,5,7,9-12,18H,4,6,8H2,1H3,(H,23,24)/t12-,18+/m0/s1. The monoisotopic (exact) mass is 359 g/mol. The highest BCUT2D eigenvalue weighted by molar-refractivity contribution is 5.92. The highest BCUT2D eigenvalue weighted by Crippen LogP contribution is 2.29. The van der Waals surface area contributed by atoms with Gasteiger partial charge in [-0.25, -0.2) is 13.6 Å². The van der Waals surface area contributed by atoms with E-state index in [0.717, 1.165) is 37.0 Å². The Kier molecular flexibility index (Phi) is 5.30. The summed E-state index contributed by atoms with van der Waals surface area (Å²) in [7, 11) is 0. The van der Waals surface area contributed by atoms with Crippen molar-refractivity contribution in [2.45, 2.75) is 38.3 Å². The van der Waals surface area contributed by atoms with Crippen LogP contribution in [0.4, 0.5) is 8.78 Å². The lowest BCUT2D eigenvalue weighted by molar-refractivity contribution is -0.130. The molecule has 0 bridgehead atoms. The summed E-state index contributed by atoms with van der Waals surface area (Å²) in [6, 6.07) is 10.3. The average Bonchev–Trinajstić information content (AvgIpc) is 2.61. The minimum atomic E-state index is -1.10. The molecule has 2 aromatic carbocycles. The maximum atomic E-state index is 13.6. The summed E-state index contributed by atoms with van der Waals surface area (Å²) in [6.07, 6.45) is 1.63. The molecule has 0 aliphatic heterocycles. The molecule has 0 heterocycles. The van der Waals surface area contributed by atoms with Gasteiger partial charge in [0.1, 0.15) is 11.6 Å². The van der Waals surface area contributed by atoms with Gasteiger partial charge in [0.2, 0.25) is 0 Å². The Morgan fingerprint density at radius 3 is 2.73 bits per heavy atom. The molecule has 4 nitrogen and oxygen atoms in total. The van der Waals surface area contributed by atoms with Crippen LogP contribution in [0.1, 0.15) is 47.3 Å². The molecule has 0 spiro atoms. The van der Waals surface area contributed by atoms with Crippen LogP contribution in [0.25, 0.3) is 0 Å². The summed E-state index contributed by atoms with van der Waals surface area (Å²) in [5.74, 6) is -3.28. The number of hydrogen-bond donors (Lipinski definition) is 1. The van der Waals surface area contributed by atoms with Gasteiger partial charge in [-0.05, 0) is 49.4 Å². The number of aryl methyl sites for hydroxylation is 1. The van der Waals surface area contributed by atoms with Crippen molar-refractivity contribution in [1.29, 1.82) is 0 Å². The Bertz CT molecular complexity index is 838. The zero-order chi connectivity index (χ0) is 18.7. The van der Waals surface area contributed by atoms with Crippen LogP contribution in [0, 0.1) is 11.6 Å². The second-order valence-corrected chi connectivity index (χ2v) is 6.32. The third-order valence-corrected chi connectivity index (χ3v) is 4.49. The van der Waals surface area contributed by atoms with Gasteiger partial charge >= 0.3 is 5.97 Å².